The van der Waals surface area contributed by atoms with Gasteiger partial charge in [0.1, 0.15) is 0 Å². The molecular weight excluding hydrogens is 334 g/mol. The number of carbonyl (C=O) groups excluding carboxylic acids is 1. The number of nitrogens with zero attached hydrogens (tertiary/aromatic N) is 3. The van der Waals surface area contributed by atoms with Crippen molar-refractivity contribution in [1.29, 1.82) is 0 Å². The Bertz CT molecular complexity index is 739. The second-order valence-electron chi connectivity index (χ2n) is 6.61. The van der Waals surface area contributed by atoms with Crippen molar-refractivity contribution < 1.29 is 4.79 Å². The van der Waals surface area contributed by atoms with Gasteiger partial charge in [-0.3, -0.25) is 4.79 Å². The van der Waals surface area contributed by atoms with E-state index in [2.05, 4.69) is 15.5 Å². The summed E-state index contributed by atoms with van der Waals surface area (Å²) < 4.78 is 1.57. The molecule has 0 unspecified atom stereocenters. The maximum atomic E-state index is 12.5. The fourth-order valence-corrected chi connectivity index (χ4v) is 3.94. The van der Waals surface area contributed by atoms with E-state index in [1.54, 1.807) is 4.68 Å². The maximum absolute atomic E-state index is 12.5. The van der Waals surface area contributed by atoms with E-state index in [1.165, 1.54) is 31.0 Å². The van der Waals surface area contributed by atoms with Crippen LogP contribution >= 0.6 is 11.8 Å². The summed E-state index contributed by atoms with van der Waals surface area (Å²) in [6.07, 6.45) is 5.95. The molecular formula is C18H25N5OS. The largest absolute Gasteiger partial charge is 0.336 e. The van der Waals surface area contributed by atoms with Crippen LogP contribution in [0.1, 0.15) is 56.3 Å². The highest BCUT2D eigenvalue weighted by molar-refractivity contribution is 8.00. The number of nitrogens with two attached hydrogens (primary N) is 1. The number of amides is 1. The number of rotatable bonds is 5. The fourth-order valence-electron chi connectivity index (χ4n) is 3.17. The molecule has 1 amide bonds. The van der Waals surface area contributed by atoms with E-state index >= 15 is 0 Å². The molecule has 7 heteroatoms. The van der Waals surface area contributed by atoms with Crippen molar-refractivity contribution in [2.45, 2.75) is 62.3 Å². The molecule has 1 saturated carbocycles. The van der Waals surface area contributed by atoms with Gasteiger partial charge >= 0.3 is 0 Å². The summed E-state index contributed by atoms with van der Waals surface area (Å²) in [6.45, 7) is 3.83. The average molecular weight is 359 g/mol. The van der Waals surface area contributed by atoms with Gasteiger partial charge < -0.3 is 11.2 Å². The summed E-state index contributed by atoms with van der Waals surface area (Å²) in [5, 5.41) is 11.7. The van der Waals surface area contributed by atoms with Crippen LogP contribution < -0.4 is 11.2 Å². The number of hydrogen-bond acceptors (Lipinski definition) is 5. The zero-order chi connectivity index (χ0) is 17.8. The van der Waals surface area contributed by atoms with E-state index < -0.39 is 0 Å². The standard InChI is InChI=1S/C18H25N5OS/c1-12-8-6-7-11-15(12)20-17(24)13(2)25-18-22-21-16(23(18)19)14-9-4-3-5-10-14/h6-8,11,13-14H,3-5,9-10,19H2,1-2H3,(H,20,24)/t13-/m1/s1. The Hall–Kier alpha value is -2.02. The number of carbonyl (C=O) groups is 1. The van der Waals surface area contributed by atoms with Gasteiger partial charge in [-0.2, -0.15) is 0 Å². The molecule has 1 aliphatic carbocycles. The number of aryl methyl sites for hydroxylation is 1. The molecule has 0 spiro atoms. The van der Waals surface area contributed by atoms with Crippen molar-refractivity contribution in [2.75, 3.05) is 11.2 Å². The molecule has 2 aromatic rings. The van der Waals surface area contributed by atoms with Crippen molar-refractivity contribution in [3.05, 3.63) is 35.7 Å². The van der Waals surface area contributed by atoms with Gasteiger partial charge in [0.15, 0.2) is 5.82 Å². The Balaban J connectivity index is 1.64. The van der Waals surface area contributed by atoms with Crippen molar-refractivity contribution in [3.8, 4) is 0 Å². The molecule has 3 rings (SSSR count). The zero-order valence-corrected chi connectivity index (χ0v) is 15.6. The quantitative estimate of drug-likeness (QED) is 0.631. The third-order valence-corrected chi connectivity index (χ3v) is 5.77. The first-order chi connectivity index (χ1) is 12.1. The third kappa shape index (κ3) is 4.15. The highest BCUT2D eigenvalue weighted by Gasteiger charge is 2.24. The number of benzene rings is 1. The number of aromatic nitrogens is 3. The SMILES string of the molecule is Cc1ccccc1NC(=O)[C@@H](C)Sc1nnc(C2CCCCC2)n1N. The van der Waals surface area contributed by atoms with Crippen LogP contribution in [0.25, 0.3) is 0 Å². The number of anilines is 1. The molecule has 1 aromatic heterocycles. The molecule has 134 valence electrons. The summed E-state index contributed by atoms with van der Waals surface area (Å²) in [6, 6.07) is 7.73. The lowest BCUT2D eigenvalue weighted by Crippen LogP contribution is -2.24. The minimum atomic E-state index is -0.315. The first kappa shape index (κ1) is 17.8. The Morgan fingerprint density at radius 2 is 2.00 bits per heavy atom. The summed E-state index contributed by atoms with van der Waals surface area (Å²) in [5.41, 5.74) is 1.87. The predicted octanol–water partition coefficient (Wildman–Crippen LogP) is 3.47. The van der Waals surface area contributed by atoms with Gasteiger partial charge in [0.05, 0.1) is 5.25 Å². The van der Waals surface area contributed by atoms with Crippen molar-refractivity contribution in [2.24, 2.45) is 0 Å². The monoisotopic (exact) mass is 359 g/mol. The van der Waals surface area contributed by atoms with Crippen LogP contribution in [0.4, 0.5) is 5.69 Å². The fraction of sp³-hybridized carbons (Fsp3) is 0.500. The summed E-state index contributed by atoms with van der Waals surface area (Å²) in [5.74, 6) is 7.36. The lowest BCUT2D eigenvalue weighted by atomic mass is 9.89. The number of nitrogen functional groups attached to an aromatic ring is 1. The van der Waals surface area contributed by atoms with Crippen LogP contribution in [-0.4, -0.2) is 26.0 Å². The highest BCUT2D eigenvalue weighted by atomic mass is 32.2. The molecule has 6 nitrogen and oxygen atoms in total. The molecule has 0 bridgehead atoms. The van der Waals surface area contributed by atoms with Crippen molar-refractivity contribution in [1.82, 2.24) is 14.9 Å². The van der Waals surface area contributed by atoms with E-state index in [4.69, 9.17) is 5.84 Å². The number of hydrogen-bond donors (Lipinski definition) is 2. The summed E-state index contributed by atoms with van der Waals surface area (Å²) in [4.78, 5) is 12.5. The number of para-hydroxylation sites is 1. The summed E-state index contributed by atoms with van der Waals surface area (Å²) in [7, 11) is 0. The molecule has 3 N–H and O–H groups in total. The molecule has 0 radical (unpaired) electrons. The van der Waals surface area contributed by atoms with Crippen LogP contribution in [0, 0.1) is 6.92 Å². The summed E-state index contributed by atoms with van der Waals surface area (Å²) >= 11 is 1.34. The Labute approximate surface area is 152 Å². The molecule has 1 aliphatic rings. The lowest BCUT2D eigenvalue weighted by Gasteiger charge is -2.20. The van der Waals surface area contributed by atoms with Crippen LogP contribution in [0.3, 0.4) is 0 Å². The topological polar surface area (TPSA) is 85.8 Å². The van der Waals surface area contributed by atoms with Crippen LogP contribution in [0.5, 0.6) is 0 Å². The molecule has 0 aliphatic heterocycles. The molecule has 25 heavy (non-hydrogen) atoms. The van der Waals surface area contributed by atoms with E-state index in [0.717, 1.165) is 29.9 Å². The molecule has 1 aromatic carbocycles. The smallest absolute Gasteiger partial charge is 0.237 e. The first-order valence-corrected chi connectivity index (χ1v) is 9.67. The van der Waals surface area contributed by atoms with Crippen molar-refractivity contribution in [3.63, 3.8) is 0 Å². The Kier molecular flexibility index (Phi) is 5.63. The first-order valence-electron chi connectivity index (χ1n) is 8.80. The van der Waals surface area contributed by atoms with E-state index in [9.17, 15) is 4.79 Å². The molecule has 0 saturated heterocycles. The van der Waals surface area contributed by atoms with Crippen molar-refractivity contribution >= 4 is 23.4 Å². The normalized spacial score (nSPS) is 16.6. The third-order valence-electron chi connectivity index (χ3n) is 4.72. The zero-order valence-electron chi connectivity index (χ0n) is 14.7. The number of nitrogens with one attached hydrogen (secondary N) is 1. The average Bonchev–Trinajstić information content (AvgIpc) is 2.98. The molecule has 1 fully saturated rings. The molecule has 1 atom stereocenters. The highest BCUT2D eigenvalue weighted by Crippen LogP contribution is 2.33. The van der Waals surface area contributed by atoms with Gasteiger partial charge in [-0.05, 0) is 38.3 Å². The van der Waals surface area contributed by atoms with Crippen LogP contribution in [0.2, 0.25) is 0 Å². The Morgan fingerprint density at radius 1 is 1.28 bits per heavy atom. The van der Waals surface area contributed by atoms with Crippen LogP contribution in [-0.2, 0) is 4.79 Å². The predicted molar refractivity (Wildman–Crippen MR) is 101 cm³/mol. The second kappa shape index (κ2) is 7.91. The van der Waals surface area contributed by atoms with E-state index in [-0.39, 0.29) is 11.2 Å². The second-order valence-corrected chi connectivity index (χ2v) is 7.92. The van der Waals surface area contributed by atoms with E-state index in [0.29, 0.717) is 11.1 Å². The molecule has 1 heterocycles. The van der Waals surface area contributed by atoms with Gasteiger partial charge in [-0.1, -0.05) is 49.2 Å². The van der Waals surface area contributed by atoms with E-state index in [1.807, 2.05) is 38.1 Å². The van der Waals surface area contributed by atoms with Gasteiger partial charge in [0, 0.05) is 11.6 Å². The van der Waals surface area contributed by atoms with Crippen LogP contribution in [0.15, 0.2) is 29.4 Å². The van der Waals surface area contributed by atoms with Gasteiger partial charge in [0.2, 0.25) is 11.1 Å². The van der Waals surface area contributed by atoms with Gasteiger partial charge in [-0.15, -0.1) is 10.2 Å². The number of thioether (sulfide) groups is 1. The maximum Gasteiger partial charge on any atom is 0.237 e. The Morgan fingerprint density at radius 3 is 2.72 bits per heavy atom. The minimum Gasteiger partial charge on any atom is -0.336 e. The lowest BCUT2D eigenvalue weighted by molar-refractivity contribution is -0.115. The van der Waals surface area contributed by atoms with Gasteiger partial charge in [-0.25, -0.2) is 4.68 Å². The minimum absolute atomic E-state index is 0.0680. The van der Waals surface area contributed by atoms with Gasteiger partial charge in [0.25, 0.3) is 0 Å².